The Morgan fingerprint density at radius 3 is 2.43 bits per heavy atom. The largest absolute Gasteiger partial charge is 0.339 e. The Morgan fingerprint density at radius 2 is 1.78 bits per heavy atom. The number of rotatable bonds is 2. The summed E-state index contributed by atoms with van der Waals surface area (Å²) in [5.74, 6) is 0.410. The predicted molar refractivity (Wildman–Crippen MR) is 89.1 cm³/mol. The Morgan fingerprint density at radius 1 is 1.09 bits per heavy atom. The summed E-state index contributed by atoms with van der Waals surface area (Å²) in [4.78, 5) is 29.0. The minimum Gasteiger partial charge on any atom is -0.339 e. The molecule has 0 aromatic heterocycles. The standard InChI is InChI=1S/C18H25N3O2/c1-14-13-19-9-12-21(14)18(23)16-7-10-20(11-8-16)17(22)15-5-3-2-4-6-15/h2-6,14,16,19H,7-13H2,1H3/t14-/m1/s1. The lowest BCUT2D eigenvalue weighted by molar-refractivity contribution is -0.139. The van der Waals surface area contributed by atoms with Gasteiger partial charge in [-0.1, -0.05) is 18.2 Å². The SMILES string of the molecule is C[C@@H]1CNCCN1C(=O)C1CCN(C(=O)c2ccccc2)CC1. The number of hydrogen-bond acceptors (Lipinski definition) is 3. The molecule has 2 aliphatic heterocycles. The molecule has 5 heteroatoms. The van der Waals surface area contributed by atoms with Crippen LogP contribution in [0.4, 0.5) is 0 Å². The van der Waals surface area contributed by atoms with Gasteiger partial charge in [0.15, 0.2) is 0 Å². The van der Waals surface area contributed by atoms with E-state index in [1.807, 2.05) is 40.1 Å². The van der Waals surface area contributed by atoms with E-state index in [4.69, 9.17) is 0 Å². The maximum Gasteiger partial charge on any atom is 0.253 e. The molecule has 5 nitrogen and oxygen atoms in total. The molecule has 2 fully saturated rings. The minimum atomic E-state index is 0.0652. The van der Waals surface area contributed by atoms with Crippen LogP contribution in [-0.4, -0.2) is 60.4 Å². The highest BCUT2D eigenvalue weighted by atomic mass is 16.2. The van der Waals surface area contributed by atoms with Crippen molar-refractivity contribution < 1.29 is 9.59 Å². The van der Waals surface area contributed by atoms with Crippen LogP contribution in [0, 0.1) is 5.92 Å². The maximum absolute atomic E-state index is 12.7. The van der Waals surface area contributed by atoms with E-state index < -0.39 is 0 Å². The molecule has 2 saturated heterocycles. The zero-order valence-electron chi connectivity index (χ0n) is 13.7. The Kier molecular flexibility index (Phi) is 4.96. The van der Waals surface area contributed by atoms with Crippen molar-refractivity contribution in [2.75, 3.05) is 32.7 Å². The summed E-state index contributed by atoms with van der Waals surface area (Å²) in [5.41, 5.74) is 0.730. The molecular formula is C18H25N3O2. The Hall–Kier alpha value is -1.88. The fourth-order valence-electron chi connectivity index (χ4n) is 3.50. The number of nitrogens with zero attached hydrogens (tertiary/aromatic N) is 2. The predicted octanol–water partition coefficient (Wildman–Crippen LogP) is 1.36. The van der Waals surface area contributed by atoms with Crippen LogP contribution in [0.3, 0.4) is 0 Å². The Labute approximate surface area is 137 Å². The van der Waals surface area contributed by atoms with Gasteiger partial charge >= 0.3 is 0 Å². The number of benzene rings is 1. The van der Waals surface area contributed by atoms with E-state index in [9.17, 15) is 9.59 Å². The van der Waals surface area contributed by atoms with Crippen molar-refractivity contribution in [1.82, 2.24) is 15.1 Å². The van der Waals surface area contributed by atoms with E-state index in [1.54, 1.807) is 0 Å². The smallest absolute Gasteiger partial charge is 0.253 e. The second-order valence-electron chi connectivity index (χ2n) is 6.52. The molecule has 0 saturated carbocycles. The highest BCUT2D eigenvalue weighted by Gasteiger charge is 2.32. The van der Waals surface area contributed by atoms with Crippen molar-refractivity contribution in [3.63, 3.8) is 0 Å². The number of carbonyl (C=O) groups excluding carboxylic acids is 2. The van der Waals surface area contributed by atoms with Gasteiger partial charge in [-0.3, -0.25) is 9.59 Å². The lowest BCUT2D eigenvalue weighted by Gasteiger charge is -2.39. The third kappa shape index (κ3) is 3.55. The molecule has 0 aliphatic carbocycles. The first kappa shape index (κ1) is 16.0. The number of piperidine rings is 1. The molecule has 23 heavy (non-hydrogen) atoms. The van der Waals surface area contributed by atoms with Gasteiger partial charge in [0.25, 0.3) is 5.91 Å². The van der Waals surface area contributed by atoms with Crippen LogP contribution in [-0.2, 0) is 4.79 Å². The number of amides is 2. The monoisotopic (exact) mass is 315 g/mol. The van der Waals surface area contributed by atoms with Gasteiger partial charge in [0.1, 0.15) is 0 Å². The molecule has 0 unspecified atom stereocenters. The summed E-state index contributed by atoms with van der Waals surface area (Å²) in [5, 5.41) is 3.32. The van der Waals surface area contributed by atoms with Gasteiger partial charge in [-0.15, -0.1) is 0 Å². The molecule has 0 radical (unpaired) electrons. The fraction of sp³-hybridized carbons (Fsp3) is 0.556. The summed E-state index contributed by atoms with van der Waals surface area (Å²) in [6, 6.07) is 9.64. The van der Waals surface area contributed by atoms with Crippen molar-refractivity contribution in [1.29, 1.82) is 0 Å². The van der Waals surface area contributed by atoms with Crippen LogP contribution >= 0.6 is 0 Å². The summed E-state index contributed by atoms with van der Waals surface area (Å²) in [7, 11) is 0. The van der Waals surface area contributed by atoms with Gasteiger partial charge in [0.05, 0.1) is 0 Å². The van der Waals surface area contributed by atoms with Gasteiger partial charge in [-0.05, 0) is 31.9 Å². The van der Waals surface area contributed by atoms with Crippen LogP contribution in [0.25, 0.3) is 0 Å². The van der Waals surface area contributed by atoms with Crippen molar-refractivity contribution in [3.05, 3.63) is 35.9 Å². The van der Waals surface area contributed by atoms with Crippen molar-refractivity contribution in [2.45, 2.75) is 25.8 Å². The molecule has 2 aliphatic rings. The maximum atomic E-state index is 12.7. The van der Waals surface area contributed by atoms with Crippen molar-refractivity contribution >= 4 is 11.8 Å². The van der Waals surface area contributed by atoms with E-state index in [0.29, 0.717) is 13.1 Å². The fourth-order valence-corrected chi connectivity index (χ4v) is 3.50. The van der Waals surface area contributed by atoms with E-state index >= 15 is 0 Å². The highest BCUT2D eigenvalue weighted by molar-refractivity contribution is 5.94. The van der Waals surface area contributed by atoms with Crippen LogP contribution in [0.1, 0.15) is 30.1 Å². The average molecular weight is 315 g/mol. The van der Waals surface area contributed by atoms with Gasteiger partial charge in [0, 0.05) is 50.2 Å². The number of carbonyl (C=O) groups is 2. The zero-order chi connectivity index (χ0) is 16.2. The van der Waals surface area contributed by atoms with E-state index in [-0.39, 0.29) is 23.8 Å². The zero-order valence-corrected chi connectivity index (χ0v) is 13.7. The third-order valence-electron chi connectivity index (χ3n) is 4.94. The molecule has 1 N–H and O–H groups in total. The number of hydrogen-bond donors (Lipinski definition) is 1. The lowest BCUT2D eigenvalue weighted by atomic mass is 9.94. The normalized spacial score (nSPS) is 22.9. The second kappa shape index (κ2) is 7.13. The first-order chi connectivity index (χ1) is 11.2. The molecular weight excluding hydrogens is 290 g/mol. The molecule has 124 valence electrons. The second-order valence-corrected chi connectivity index (χ2v) is 6.52. The summed E-state index contributed by atoms with van der Waals surface area (Å²) in [6.45, 7) is 5.98. The van der Waals surface area contributed by atoms with Gasteiger partial charge in [0.2, 0.25) is 5.91 Å². The van der Waals surface area contributed by atoms with Gasteiger partial charge in [-0.2, -0.15) is 0 Å². The first-order valence-corrected chi connectivity index (χ1v) is 8.52. The lowest BCUT2D eigenvalue weighted by Crippen LogP contribution is -2.55. The van der Waals surface area contributed by atoms with E-state index in [0.717, 1.165) is 38.0 Å². The summed E-state index contributed by atoms with van der Waals surface area (Å²) >= 11 is 0. The van der Waals surface area contributed by atoms with Crippen LogP contribution in [0.15, 0.2) is 30.3 Å². The summed E-state index contributed by atoms with van der Waals surface area (Å²) in [6.07, 6.45) is 1.54. The molecule has 1 aromatic carbocycles. The minimum absolute atomic E-state index is 0.0652. The molecule has 3 rings (SSSR count). The van der Waals surface area contributed by atoms with Crippen LogP contribution in [0.5, 0.6) is 0 Å². The third-order valence-corrected chi connectivity index (χ3v) is 4.94. The summed E-state index contributed by atoms with van der Waals surface area (Å²) < 4.78 is 0. The number of nitrogens with one attached hydrogen (secondary N) is 1. The molecule has 1 atom stereocenters. The molecule has 0 bridgehead atoms. The first-order valence-electron chi connectivity index (χ1n) is 8.52. The molecule has 2 heterocycles. The number of likely N-dealkylation sites (tertiary alicyclic amines) is 1. The average Bonchev–Trinajstić information content (AvgIpc) is 2.62. The Bertz CT molecular complexity index is 553. The Balaban J connectivity index is 1.56. The van der Waals surface area contributed by atoms with E-state index in [2.05, 4.69) is 12.2 Å². The highest BCUT2D eigenvalue weighted by Crippen LogP contribution is 2.22. The van der Waals surface area contributed by atoms with Crippen molar-refractivity contribution in [3.8, 4) is 0 Å². The number of piperazine rings is 1. The molecule has 0 spiro atoms. The topological polar surface area (TPSA) is 52.7 Å². The van der Waals surface area contributed by atoms with Crippen LogP contribution < -0.4 is 5.32 Å². The van der Waals surface area contributed by atoms with Gasteiger partial charge in [-0.25, -0.2) is 0 Å². The molecule has 1 aromatic rings. The van der Waals surface area contributed by atoms with Crippen molar-refractivity contribution in [2.24, 2.45) is 5.92 Å². The van der Waals surface area contributed by atoms with E-state index in [1.165, 1.54) is 0 Å². The van der Waals surface area contributed by atoms with Gasteiger partial charge < -0.3 is 15.1 Å². The molecule has 2 amide bonds. The van der Waals surface area contributed by atoms with Crippen LogP contribution in [0.2, 0.25) is 0 Å². The quantitative estimate of drug-likeness (QED) is 0.896.